The van der Waals surface area contributed by atoms with Gasteiger partial charge in [-0.25, -0.2) is 9.18 Å². The minimum atomic E-state index is -0.411. The van der Waals surface area contributed by atoms with Crippen LogP contribution in [0.4, 0.5) is 4.39 Å². The van der Waals surface area contributed by atoms with Gasteiger partial charge in [-0.15, -0.1) is 11.3 Å². The largest absolute Gasteiger partial charge is 0.332 e. The molecule has 7 heteroatoms. The number of halogens is 1. The smallest absolute Gasteiger partial charge is 0.287 e. The average Bonchev–Trinajstić information content (AvgIpc) is 3.16. The van der Waals surface area contributed by atoms with E-state index in [1.807, 2.05) is 30.3 Å². The summed E-state index contributed by atoms with van der Waals surface area (Å²) in [5, 5.41) is 0.860. The number of hydrogen-bond acceptors (Lipinski definition) is 4. The molecule has 5 aromatic rings. The van der Waals surface area contributed by atoms with E-state index in [2.05, 4.69) is 4.98 Å². The van der Waals surface area contributed by atoms with Gasteiger partial charge < -0.3 is 0 Å². The van der Waals surface area contributed by atoms with Crippen molar-refractivity contribution in [1.29, 1.82) is 0 Å². The average molecular weight is 417 g/mol. The molecule has 0 spiro atoms. The molecule has 5 nitrogen and oxygen atoms in total. The van der Waals surface area contributed by atoms with Crippen LogP contribution in [-0.2, 0) is 13.1 Å². The molecular formula is C23H16FN3O2S. The van der Waals surface area contributed by atoms with Gasteiger partial charge >= 0.3 is 5.69 Å². The lowest BCUT2D eigenvalue weighted by atomic mass is 10.2. The van der Waals surface area contributed by atoms with Crippen LogP contribution < -0.4 is 11.2 Å². The highest BCUT2D eigenvalue weighted by Crippen LogP contribution is 2.31. The Balaban J connectivity index is 1.79. The second-order valence-electron chi connectivity index (χ2n) is 6.98. The molecule has 0 saturated carbocycles. The Labute approximate surface area is 174 Å². The first-order chi connectivity index (χ1) is 14.6. The molecule has 0 aliphatic rings. The summed E-state index contributed by atoms with van der Waals surface area (Å²) in [4.78, 5) is 31.0. The second-order valence-corrected chi connectivity index (χ2v) is 8.04. The van der Waals surface area contributed by atoms with Crippen LogP contribution in [0, 0.1) is 5.82 Å². The van der Waals surface area contributed by atoms with Gasteiger partial charge in [-0.1, -0.05) is 36.4 Å². The number of nitrogens with zero attached hydrogens (tertiary/aromatic N) is 3. The van der Waals surface area contributed by atoms with Crippen LogP contribution in [0.3, 0.4) is 0 Å². The molecule has 2 aromatic carbocycles. The summed E-state index contributed by atoms with van der Waals surface area (Å²) in [6.07, 6.45) is 1.63. The van der Waals surface area contributed by atoms with Gasteiger partial charge in [-0.05, 0) is 35.9 Å². The molecule has 3 aromatic heterocycles. The molecule has 0 saturated heterocycles. The van der Waals surface area contributed by atoms with Crippen LogP contribution in [0.2, 0.25) is 0 Å². The molecule has 0 N–H and O–H groups in total. The third-order valence-electron chi connectivity index (χ3n) is 5.04. The minimum absolute atomic E-state index is 0.0894. The Morgan fingerprint density at radius 3 is 2.40 bits per heavy atom. The molecule has 0 aliphatic carbocycles. The van der Waals surface area contributed by atoms with Crippen molar-refractivity contribution in [3.05, 3.63) is 111 Å². The van der Waals surface area contributed by atoms with Gasteiger partial charge in [0.15, 0.2) is 0 Å². The molecule has 0 fully saturated rings. The van der Waals surface area contributed by atoms with E-state index >= 15 is 0 Å². The zero-order valence-electron chi connectivity index (χ0n) is 15.8. The highest BCUT2D eigenvalue weighted by molar-refractivity contribution is 7.25. The van der Waals surface area contributed by atoms with E-state index in [-0.39, 0.29) is 24.5 Å². The fraction of sp³-hybridized carbons (Fsp3) is 0.0870. The summed E-state index contributed by atoms with van der Waals surface area (Å²) in [7, 11) is 0. The van der Waals surface area contributed by atoms with Crippen molar-refractivity contribution in [3.8, 4) is 0 Å². The fourth-order valence-corrected chi connectivity index (χ4v) is 4.76. The van der Waals surface area contributed by atoms with Gasteiger partial charge in [0.1, 0.15) is 10.5 Å². The number of pyridine rings is 1. The van der Waals surface area contributed by atoms with Gasteiger partial charge in [-0.2, -0.15) is 0 Å². The molecule has 5 rings (SSSR count). The Morgan fingerprint density at radius 1 is 0.867 bits per heavy atom. The topological polar surface area (TPSA) is 56.9 Å². The first kappa shape index (κ1) is 18.4. The number of hydrogen-bond donors (Lipinski definition) is 0. The quantitative estimate of drug-likeness (QED) is 0.444. The Bertz CT molecular complexity index is 1490. The monoisotopic (exact) mass is 417 g/mol. The fourth-order valence-electron chi connectivity index (χ4n) is 3.61. The number of aromatic nitrogens is 3. The lowest BCUT2D eigenvalue weighted by Crippen LogP contribution is -2.40. The number of thiophene rings is 1. The predicted molar refractivity (Wildman–Crippen MR) is 117 cm³/mol. The van der Waals surface area contributed by atoms with Crippen molar-refractivity contribution >= 4 is 31.6 Å². The molecule has 30 heavy (non-hydrogen) atoms. The molecule has 0 aliphatic heterocycles. The van der Waals surface area contributed by atoms with Crippen molar-refractivity contribution in [1.82, 2.24) is 14.1 Å². The highest BCUT2D eigenvalue weighted by atomic mass is 32.1. The molecule has 0 atom stereocenters. The summed E-state index contributed by atoms with van der Waals surface area (Å²) in [6, 6.07) is 19.1. The van der Waals surface area contributed by atoms with Crippen molar-refractivity contribution in [3.63, 3.8) is 0 Å². The molecule has 3 heterocycles. The van der Waals surface area contributed by atoms with Crippen LogP contribution in [0.15, 0.2) is 82.5 Å². The lowest BCUT2D eigenvalue weighted by Gasteiger charge is -2.13. The summed E-state index contributed by atoms with van der Waals surface area (Å²) in [5.41, 5.74) is 1.29. The van der Waals surface area contributed by atoms with Crippen LogP contribution >= 0.6 is 11.3 Å². The van der Waals surface area contributed by atoms with E-state index in [1.54, 1.807) is 35.0 Å². The van der Waals surface area contributed by atoms with E-state index in [0.29, 0.717) is 15.9 Å². The lowest BCUT2D eigenvalue weighted by molar-refractivity contribution is 0.620. The molecule has 0 bridgehead atoms. The van der Waals surface area contributed by atoms with Crippen LogP contribution in [0.1, 0.15) is 11.3 Å². The summed E-state index contributed by atoms with van der Waals surface area (Å²) < 4.78 is 17.6. The van der Waals surface area contributed by atoms with Crippen molar-refractivity contribution in [2.75, 3.05) is 0 Å². The Kier molecular flexibility index (Phi) is 4.52. The van der Waals surface area contributed by atoms with Crippen LogP contribution in [-0.4, -0.2) is 14.1 Å². The maximum absolute atomic E-state index is 13.4. The number of rotatable bonds is 4. The van der Waals surface area contributed by atoms with Crippen molar-refractivity contribution in [2.45, 2.75) is 13.1 Å². The standard InChI is InChI=1S/C23H16FN3O2S/c24-16-10-8-15(9-11-16)13-26-20-18-6-1-2-7-19(18)30-21(20)22(28)27(23(26)29)14-17-5-3-4-12-25-17/h1-12H,13-14H2. The minimum Gasteiger partial charge on any atom is -0.287 e. The normalized spacial score (nSPS) is 11.4. The van der Waals surface area contributed by atoms with Gasteiger partial charge in [0.05, 0.1) is 24.3 Å². The summed E-state index contributed by atoms with van der Waals surface area (Å²) in [5.74, 6) is -0.336. The zero-order chi connectivity index (χ0) is 20.7. The van der Waals surface area contributed by atoms with E-state index in [0.717, 1.165) is 15.6 Å². The SMILES string of the molecule is O=c1c2sc3ccccc3c2n(Cc2ccc(F)cc2)c(=O)n1Cc1ccccn1. The molecule has 0 amide bonds. The van der Waals surface area contributed by atoms with E-state index in [1.165, 1.54) is 28.0 Å². The Morgan fingerprint density at radius 2 is 1.63 bits per heavy atom. The number of benzene rings is 2. The van der Waals surface area contributed by atoms with E-state index < -0.39 is 5.69 Å². The second kappa shape index (κ2) is 7.35. The Hall–Kier alpha value is -3.58. The summed E-state index contributed by atoms with van der Waals surface area (Å²) in [6.45, 7) is 0.324. The van der Waals surface area contributed by atoms with E-state index in [4.69, 9.17) is 0 Å². The van der Waals surface area contributed by atoms with Crippen LogP contribution in [0.25, 0.3) is 20.3 Å². The highest BCUT2D eigenvalue weighted by Gasteiger charge is 2.18. The number of fused-ring (bicyclic) bond motifs is 3. The maximum Gasteiger partial charge on any atom is 0.332 e. The van der Waals surface area contributed by atoms with Crippen molar-refractivity contribution < 1.29 is 4.39 Å². The molecular weight excluding hydrogens is 401 g/mol. The molecule has 0 radical (unpaired) electrons. The summed E-state index contributed by atoms with van der Waals surface area (Å²) >= 11 is 1.38. The van der Waals surface area contributed by atoms with Gasteiger partial charge in [-0.3, -0.25) is 18.9 Å². The third-order valence-corrected chi connectivity index (χ3v) is 6.19. The van der Waals surface area contributed by atoms with E-state index in [9.17, 15) is 14.0 Å². The van der Waals surface area contributed by atoms with Crippen molar-refractivity contribution in [2.24, 2.45) is 0 Å². The van der Waals surface area contributed by atoms with Gasteiger partial charge in [0.25, 0.3) is 5.56 Å². The van der Waals surface area contributed by atoms with Gasteiger partial charge in [0.2, 0.25) is 0 Å². The van der Waals surface area contributed by atoms with Gasteiger partial charge in [0, 0.05) is 16.3 Å². The zero-order valence-corrected chi connectivity index (χ0v) is 16.6. The maximum atomic E-state index is 13.4. The third kappa shape index (κ3) is 3.13. The molecule has 0 unspecified atom stereocenters. The first-order valence-corrected chi connectivity index (χ1v) is 10.2. The predicted octanol–water partition coefficient (Wildman–Crippen LogP) is 4.01. The van der Waals surface area contributed by atoms with Crippen LogP contribution in [0.5, 0.6) is 0 Å². The molecule has 148 valence electrons. The first-order valence-electron chi connectivity index (χ1n) is 9.41.